The van der Waals surface area contributed by atoms with E-state index < -0.39 is 16.0 Å². The summed E-state index contributed by atoms with van der Waals surface area (Å²) in [7, 11) is 0.0212. The Hall–Kier alpha value is -1.56. The Morgan fingerprint density at radius 2 is 2.21 bits per heavy atom. The fraction of sp³-hybridized carbons (Fsp3) is 0.462. The highest BCUT2D eigenvalue weighted by molar-refractivity contribution is 7.86. The first-order valence-electron chi connectivity index (χ1n) is 6.13. The molecule has 1 aromatic carbocycles. The van der Waals surface area contributed by atoms with Gasteiger partial charge in [-0.1, -0.05) is 6.92 Å². The van der Waals surface area contributed by atoms with Crippen LogP contribution in [0, 0.1) is 0 Å². The number of nitrogens with one attached hydrogen (secondary N) is 1. The van der Waals surface area contributed by atoms with Crippen molar-refractivity contribution >= 4 is 22.4 Å². The van der Waals surface area contributed by atoms with E-state index in [2.05, 4.69) is 5.32 Å². The van der Waals surface area contributed by atoms with Crippen LogP contribution < -0.4 is 15.8 Å². The number of methoxy groups -OCH3 is 1. The molecule has 0 aliphatic carbocycles. The normalized spacial score (nSPS) is 13.6. The number of amides is 1. The van der Waals surface area contributed by atoms with Gasteiger partial charge in [-0.2, -0.15) is 0 Å². The first-order valence-corrected chi connectivity index (χ1v) is 7.34. The molecule has 0 saturated carbocycles. The van der Waals surface area contributed by atoms with Crippen molar-refractivity contribution in [1.29, 1.82) is 0 Å². The van der Waals surface area contributed by atoms with Gasteiger partial charge < -0.3 is 15.8 Å². The molecule has 0 radical (unpaired) electrons. The smallest absolute Gasteiger partial charge is 0.235 e. The molecular weight excluding hydrogens is 264 g/mol. The minimum atomic E-state index is -1.50. The van der Waals surface area contributed by atoms with Crippen molar-refractivity contribution in [3.63, 3.8) is 0 Å². The molecule has 2 unspecified atom stereocenters. The van der Waals surface area contributed by atoms with Crippen LogP contribution in [-0.2, 0) is 15.6 Å². The van der Waals surface area contributed by atoms with E-state index in [0.717, 1.165) is 6.42 Å². The van der Waals surface area contributed by atoms with Crippen molar-refractivity contribution in [2.45, 2.75) is 30.4 Å². The molecule has 6 heteroatoms. The molecule has 0 saturated heterocycles. The van der Waals surface area contributed by atoms with E-state index in [9.17, 15) is 9.00 Å². The van der Waals surface area contributed by atoms with Crippen molar-refractivity contribution in [3.8, 4) is 5.75 Å². The van der Waals surface area contributed by atoms with Crippen molar-refractivity contribution in [1.82, 2.24) is 5.32 Å². The second-order valence-corrected chi connectivity index (χ2v) is 5.88. The molecule has 0 aliphatic heterocycles. The van der Waals surface area contributed by atoms with Crippen molar-refractivity contribution in [2.75, 3.05) is 19.4 Å². The number of hydrogen-bond acceptors (Lipinski definition) is 4. The minimum absolute atomic E-state index is 0.234. The summed E-state index contributed by atoms with van der Waals surface area (Å²) in [5, 5.41) is 2.07. The van der Waals surface area contributed by atoms with E-state index in [-0.39, 0.29) is 5.91 Å². The van der Waals surface area contributed by atoms with Crippen LogP contribution in [0.25, 0.3) is 0 Å². The van der Waals surface area contributed by atoms with Gasteiger partial charge in [0.25, 0.3) is 0 Å². The first kappa shape index (κ1) is 15.5. The van der Waals surface area contributed by atoms with Crippen molar-refractivity contribution in [3.05, 3.63) is 18.2 Å². The van der Waals surface area contributed by atoms with E-state index in [4.69, 9.17) is 10.5 Å². The molecule has 19 heavy (non-hydrogen) atoms. The highest BCUT2D eigenvalue weighted by Crippen LogP contribution is 2.24. The lowest BCUT2D eigenvalue weighted by Crippen LogP contribution is -2.36. The third kappa shape index (κ3) is 3.96. The van der Waals surface area contributed by atoms with Gasteiger partial charge in [-0.25, -0.2) is 0 Å². The van der Waals surface area contributed by atoms with Crippen LogP contribution >= 0.6 is 0 Å². The van der Waals surface area contributed by atoms with Gasteiger partial charge in [-0.3, -0.25) is 9.00 Å². The lowest BCUT2D eigenvalue weighted by atomic mass is 10.3. The third-order valence-corrected chi connectivity index (χ3v) is 4.32. The Morgan fingerprint density at radius 1 is 1.53 bits per heavy atom. The monoisotopic (exact) mass is 284 g/mol. The lowest BCUT2D eigenvalue weighted by Gasteiger charge is -2.14. The second kappa shape index (κ2) is 7.13. The summed E-state index contributed by atoms with van der Waals surface area (Å²) in [6.07, 6.45) is 0.840. The summed E-state index contributed by atoms with van der Waals surface area (Å²) in [6.45, 7) is 4.16. The predicted molar refractivity (Wildman–Crippen MR) is 76.6 cm³/mol. The highest BCUT2D eigenvalue weighted by atomic mass is 32.2. The molecule has 1 amide bonds. The van der Waals surface area contributed by atoms with Gasteiger partial charge in [0.15, 0.2) is 0 Å². The lowest BCUT2D eigenvalue weighted by molar-refractivity contribution is -0.120. The summed E-state index contributed by atoms with van der Waals surface area (Å²) in [6, 6.07) is 4.93. The Bertz CT molecular complexity index is 477. The molecule has 0 fully saturated rings. The number of carbonyl (C=O) groups excluding carboxylic acids is 1. The van der Waals surface area contributed by atoms with Gasteiger partial charge in [-0.15, -0.1) is 0 Å². The van der Waals surface area contributed by atoms with Gasteiger partial charge in [0.2, 0.25) is 5.91 Å². The van der Waals surface area contributed by atoms with Gasteiger partial charge in [0.1, 0.15) is 11.0 Å². The summed E-state index contributed by atoms with van der Waals surface area (Å²) in [5.74, 6) is 0.334. The van der Waals surface area contributed by atoms with Crippen LogP contribution in [0.5, 0.6) is 5.75 Å². The Kier molecular flexibility index (Phi) is 5.82. The topological polar surface area (TPSA) is 81.4 Å². The largest absolute Gasteiger partial charge is 0.497 e. The molecule has 106 valence electrons. The zero-order chi connectivity index (χ0) is 14.4. The van der Waals surface area contributed by atoms with E-state index in [1.165, 1.54) is 7.11 Å². The molecule has 2 atom stereocenters. The summed E-state index contributed by atoms with van der Waals surface area (Å²) < 4.78 is 17.4. The SMILES string of the molecule is CCCNC(=O)C(C)S(=O)c1cc(OC)ccc1N. The average Bonchev–Trinajstić information content (AvgIpc) is 2.43. The number of rotatable bonds is 6. The van der Waals surface area contributed by atoms with Crippen LogP contribution in [0.1, 0.15) is 20.3 Å². The number of nitrogen functional groups attached to an aromatic ring is 1. The maximum absolute atomic E-state index is 12.4. The van der Waals surface area contributed by atoms with Crippen LogP contribution in [0.3, 0.4) is 0 Å². The van der Waals surface area contributed by atoms with Gasteiger partial charge in [0, 0.05) is 12.2 Å². The minimum Gasteiger partial charge on any atom is -0.497 e. The Labute approximate surface area is 116 Å². The number of nitrogens with two attached hydrogens (primary N) is 1. The number of ether oxygens (including phenoxy) is 1. The predicted octanol–water partition coefficient (Wildman–Crippen LogP) is 1.30. The summed E-state index contributed by atoms with van der Waals surface area (Å²) >= 11 is 0. The number of hydrogen-bond donors (Lipinski definition) is 2. The number of anilines is 1. The molecule has 0 bridgehead atoms. The number of benzene rings is 1. The maximum atomic E-state index is 12.4. The van der Waals surface area contributed by atoms with E-state index in [0.29, 0.717) is 22.9 Å². The standard InChI is InChI=1S/C13H20N2O3S/c1-4-7-15-13(16)9(2)19(17)12-8-10(18-3)5-6-11(12)14/h5-6,8-9H,4,7,14H2,1-3H3,(H,15,16). The first-order chi connectivity index (χ1) is 9.01. The van der Waals surface area contributed by atoms with Gasteiger partial charge in [-0.05, 0) is 31.5 Å². The molecule has 0 spiro atoms. The van der Waals surface area contributed by atoms with E-state index >= 15 is 0 Å². The molecular formula is C13H20N2O3S. The van der Waals surface area contributed by atoms with Crippen molar-refractivity contribution < 1.29 is 13.7 Å². The molecule has 0 heterocycles. The molecule has 0 aromatic heterocycles. The molecule has 1 rings (SSSR count). The van der Waals surface area contributed by atoms with Gasteiger partial charge in [0.05, 0.1) is 22.8 Å². The Balaban J connectivity index is 2.90. The fourth-order valence-corrected chi connectivity index (χ4v) is 2.69. The van der Waals surface area contributed by atoms with Crippen LogP contribution in [0.4, 0.5) is 5.69 Å². The molecule has 5 nitrogen and oxygen atoms in total. The molecule has 1 aromatic rings. The summed E-state index contributed by atoms with van der Waals surface area (Å²) in [4.78, 5) is 12.2. The van der Waals surface area contributed by atoms with Crippen LogP contribution in [0.15, 0.2) is 23.1 Å². The Morgan fingerprint density at radius 3 is 2.79 bits per heavy atom. The average molecular weight is 284 g/mol. The molecule has 0 aliphatic rings. The third-order valence-electron chi connectivity index (χ3n) is 2.68. The maximum Gasteiger partial charge on any atom is 0.235 e. The zero-order valence-corrected chi connectivity index (χ0v) is 12.3. The highest BCUT2D eigenvalue weighted by Gasteiger charge is 2.23. The second-order valence-electron chi connectivity index (χ2n) is 4.13. The molecule has 3 N–H and O–H groups in total. The van der Waals surface area contributed by atoms with E-state index in [1.54, 1.807) is 25.1 Å². The quantitative estimate of drug-likeness (QED) is 0.771. The zero-order valence-electron chi connectivity index (χ0n) is 11.4. The van der Waals surface area contributed by atoms with Crippen LogP contribution in [-0.4, -0.2) is 29.0 Å². The van der Waals surface area contributed by atoms with Crippen molar-refractivity contribution in [2.24, 2.45) is 0 Å². The van der Waals surface area contributed by atoms with Gasteiger partial charge >= 0.3 is 0 Å². The fourth-order valence-electron chi connectivity index (χ4n) is 1.50. The summed E-state index contributed by atoms with van der Waals surface area (Å²) in [5.41, 5.74) is 6.20. The van der Waals surface area contributed by atoms with Crippen LogP contribution in [0.2, 0.25) is 0 Å². The van der Waals surface area contributed by atoms with E-state index in [1.807, 2.05) is 6.92 Å². The number of carbonyl (C=O) groups is 1.